The molecule has 0 aromatic heterocycles. The molecule has 2 fully saturated rings. The van der Waals surface area contributed by atoms with Crippen molar-refractivity contribution < 1.29 is 14.3 Å². The zero-order valence-corrected chi connectivity index (χ0v) is 11.5. The minimum Gasteiger partial charge on any atom is -0.377 e. The zero-order valence-electron chi connectivity index (χ0n) is 11.5. The fourth-order valence-electron chi connectivity index (χ4n) is 2.73. The fraction of sp³-hybridized carbons (Fsp3) is 0.846. The van der Waals surface area contributed by atoms with E-state index < -0.39 is 6.04 Å². The average molecular weight is 254 g/mol. The highest BCUT2D eigenvalue weighted by molar-refractivity contribution is 6.05. The van der Waals surface area contributed by atoms with Crippen molar-refractivity contribution in [1.82, 2.24) is 10.2 Å². The SMILES string of the molecule is CC(C)N1C(=O)CC(NC2(C)CCOC2C)C1=O. The van der Waals surface area contributed by atoms with E-state index in [0.29, 0.717) is 6.61 Å². The number of likely N-dealkylation sites (tertiary alicyclic amines) is 1. The van der Waals surface area contributed by atoms with E-state index >= 15 is 0 Å². The van der Waals surface area contributed by atoms with E-state index in [2.05, 4.69) is 12.2 Å². The molecule has 0 aliphatic carbocycles. The molecular weight excluding hydrogens is 232 g/mol. The lowest BCUT2D eigenvalue weighted by molar-refractivity contribution is -0.140. The van der Waals surface area contributed by atoms with Gasteiger partial charge in [-0.05, 0) is 34.1 Å². The van der Waals surface area contributed by atoms with Crippen molar-refractivity contribution in [2.45, 2.75) is 64.3 Å². The topological polar surface area (TPSA) is 58.6 Å². The summed E-state index contributed by atoms with van der Waals surface area (Å²) in [7, 11) is 0. The predicted molar refractivity (Wildman–Crippen MR) is 67.0 cm³/mol. The van der Waals surface area contributed by atoms with Gasteiger partial charge in [0.25, 0.3) is 0 Å². The van der Waals surface area contributed by atoms with Gasteiger partial charge in [0.1, 0.15) is 0 Å². The summed E-state index contributed by atoms with van der Waals surface area (Å²) in [5.74, 6) is -0.182. The van der Waals surface area contributed by atoms with Crippen molar-refractivity contribution in [2.75, 3.05) is 6.61 Å². The summed E-state index contributed by atoms with van der Waals surface area (Å²) >= 11 is 0. The third-order valence-corrected chi connectivity index (χ3v) is 4.09. The van der Waals surface area contributed by atoms with E-state index in [1.165, 1.54) is 4.90 Å². The van der Waals surface area contributed by atoms with Gasteiger partial charge in [-0.15, -0.1) is 0 Å². The number of nitrogens with zero attached hydrogens (tertiary/aromatic N) is 1. The van der Waals surface area contributed by atoms with Crippen LogP contribution in [0.15, 0.2) is 0 Å². The maximum atomic E-state index is 12.2. The first kappa shape index (κ1) is 13.5. The summed E-state index contributed by atoms with van der Waals surface area (Å²) in [4.78, 5) is 25.4. The van der Waals surface area contributed by atoms with Crippen LogP contribution in [0.5, 0.6) is 0 Å². The third-order valence-electron chi connectivity index (χ3n) is 4.09. The maximum Gasteiger partial charge on any atom is 0.247 e. The number of imide groups is 1. The Morgan fingerprint density at radius 3 is 2.56 bits per heavy atom. The van der Waals surface area contributed by atoms with Gasteiger partial charge in [-0.1, -0.05) is 0 Å². The van der Waals surface area contributed by atoms with Gasteiger partial charge in [0, 0.05) is 18.2 Å². The van der Waals surface area contributed by atoms with Crippen LogP contribution in [0.1, 0.15) is 40.5 Å². The highest BCUT2D eigenvalue weighted by Crippen LogP contribution is 2.28. The first-order valence-corrected chi connectivity index (χ1v) is 6.60. The first-order chi connectivity index (χ1) is 8.35. The van der Waals surface area contributed by atoms with E-state index in [1.54, 1.807) is 0 Å². The normalized spacial score (nSPS) is 37.1. The number of hydrogen-bond donors (Lipinski definition) is 1. The van der Waals surface area contributed by atoms with Crippen LogP contribution < -0.4 is 5.32 Å². The molecule has 2 aliphatic rings. The summed E-state index contributed by atoms with van der Waals surface area (Å²) in [5.41, 5.74) is -0.215. The number of rotatable bonds is 3. The van der Waals surface area contributed by atoms with Gasteiger partial charge in [-0.25, -0.2) is 0 Å². The molecule has 0 bridgehead atoms. The molecule has 5 heteroatoms. The minimum atomic E-state index is -0.394. The van der Waals surface area contributed by atoms with Gasteiger partial charge < -0.3 is 4.74 Å². The lowest BCUT2D eigenvalue weighted by Crippen LogP contribution is -2.55. The molecule has 0 spiro atoms. The maximum absolute atomic E-state index is 12.2. The van der Waals surface area contributed by atoms with Crippen molar-refractivity contribution in [3.8, 4) is 0 Å². The molecule has 1 N–H and O–H groups in total. The van der Waals surface area contributed by atoms with Crippen molar-refractivity contribution in [1.29, 1.82) is 0 Å². The Labute approximate surface area is 108 Å². The Bertz CT molecular complexity index is 369. The van der Waals surface area contributed by atoms with E-state index in [-0.39, 0.29) is 35.9 Å². The first-order valence-electron chi connectivity index (χ1n) is 6.60. The van der Waals surface area contributed by atoms with Crippen LogP contribution >= 0.6 is 0 Å². The number of hydrogen-bond acceptors (Lipinski definition) is 4. The van der Waals surface area contributed by atoms with E-state index in [4.69, 9.17) is 4.74 Å². The Hall–Kier alpha value is -0.940. The van der Waals surface area contributed by atoms with Crippen LogP contribution in [0.3, 0.4) is 0 Å². The Balaban J connectivity index is 2.08. The second kappa shape index (κ2) is 4.63. The van der Waals surface area contributed by atoms with Crippen molar-refractivity contribution in [2.24, 2.45) is 0 Å². The highest BCUT2D eigenvalue weighted by atomic mass is 16.5. The summed E-state index contributed by atoms with van der Waals surface area (Å²) in [5, 5.41) is 3.33. The minimum absolute atomic E-state index is 0.0634. The average Bonchev–Trinajstić information content (AvgIpc) is 2.70. The van der Waals surface area contributed by atoms with Crippen LogP contribution in [0.2, 0.25) is 0 Å². The van der Waals surface area contributed by atoms with E-state index in [1.807, 2.05) is 20.8 Å². The Kier molecular flexibility index (Phi) is 3.47. The van der Waals surface area contributed by atoms with E-state index in [9.17, 15) is 9.59 Å². The number of carbonyl (C=O) groups excluding carboxylic acids is 2. The second-order valence-electron chi connectivity index (χ2n) is 5.78. The number of carbonyl (C=O) groups is 2. The van der Waals surface area contributed by atoms with Crippen molar-refractivity contribution in [3.63, 3.8) is 0 Å². The number of amides is 2. The van der Waals surface area contributed by atoms with Gasteiger partial charge in [-0.2, -0.15) is 0 Å². The van der Waals surface area contributed by atoms with E-state index in [0.717, 1.165) is 6.42 Å². The molecule has 0 aromatic carbocycles. The molecule has 3 unspecified atom stereocenters. The smallest absolute Gasteiger partial charge is 0.247 e. The molecule has 2 saturated heterocycles. The fourth-order valence-corrected chi connectivity index (χ4v) is 2.73. The standard InChI is InChI=1S/C13H22N2O3/c1-8(2)15-11(16)7-10(12(15)17)14-13(4)5-6-18-9(13)3/h8-10,14H,5-7H2,1-4H3. The summed E-state index contributed by atoms with van der Waals surface area (Å²) in [6.45, 7) is 8.48. The Morgan fingerprint density at radius 1 is 1.44 bits per heavy atom. The molecule has 0 aromatic rings. The summed E-state index contributed by atoms with van der Waals surface area (Å²) in [6.07, 6.45) is 1.20. The third kappa shape index (κ3) is 2.17. The Morgan fingerprint density at radius 2 is 2.11 bits per heavy atom. The molecule has 18 heavy (non-hydrogen) atoms. The number of nitrogens with one attached hydrogen (secondary N) is 1. The molecule has 0 radical (unpaired) electrons. The molecule has 3 atom stereocenters. The molecule has 2 heterocycles. The predicted octanol–water partition coefficient (Wildman–Crippen LogP) is 0.679. The summed E-state index contributed by atoms with van der Waals surface area (Å²) in [6, 6.07) is -0.462. The van der Waals surface area contributed by atoms with Crippen LogP contribution in [-0.2, 0) is 14.3 Å². The number of ether oxygens (including phenoxy) is 1. The molecule has 2 rings (SSSR count). The largest absolute Gasteiger partial charge is 0.377 e. The van der Waals surface area contributed by atoms with Crippen LogP contribution in [0.25, 0.3) is 0 Å². The van der Waals surface area contributed by atoms with Crippen LogP contribution in [0, 0.1) is 0 Å². The van der Waals surface area contributed by atoms with Gasteiger partial charge in [0.15, 0.2) is 0 Å². The molecule has 102 valence electrons. The van der Waals surface area contributed by atoms with Gasteiger partial charge in [0.2, 0.25) is 11.8 Å². The molecule has 2 aliphatic heterocycles. The molecular formula is C13H22N2O3. The van der Waals surface area contributed by atoms with Gasteiger partial charge >= 0.3 is 0 Å². The molecule has 5 nitrogen and oxygen atoms in total. The highest BCUT2D eigenvalue weighted by Gasteiger charge is 2.46. The van der Waals surface area contributed by atoms with Crippen LogP contribution in [-0.4, -0.2) is 47.0 Å². The van der Waals surface area contributed by atoms with Gasteiger partial charge in [-0.3, -0.25) is 19.8 Å². The lowest BCUT2D eigenvalue weighted by Gasteiger charge is -2.31. The van der Waals surface area contributed by atoms with Crippen molar-refractivity contribution in [3.05, 3.63) is 0 Å². The zero-order chi connectivity index (χ0) is 13.5. The second-order valence-corrected chi connectivity index (χ2v) is 5.78. The summed E-state index contributed by atoms with van der Waals surface area (Å²) < 4.78 is 5.54. The molecule has 0 saturated carbocycles. The monoisotopic (exact) mass is 254 g/mol. The van der Waals surface area contributed by atoms with Crippen LogP contribution in [0.4, 0.5) is 0 Å². The molecule has 2 amide bonds. The van der Waals surface area contributed by atoms with Crippen molar-refractivity contribution >= 4 is 11.8 Å². The lowest BCUT2D eigenvalue weighted by atomic mass is 9.93. The van der Waals surface area contributed by atoms with Gasteiger partial charge in [0.05, 0.1) is 18.6 Å². The quantitative estimate of drug-likeness (QED) is 0.752.